The van der Waals surface area contributed by atoms with Crippen LogP contribution in [0.15, 0.2) is 66.7 Å². The molecule has 7 heteroatoms. The number of rotatable bonds is 8. The summed E-state index contributed by atoms with van der Waals surface area (Å²) in [6.07, 6.45) is 0.903. The lowest BCUT2D eigenvalue weighted by Crippen LogP contribution is -2.38. The number of fused-ring (bicyclic) bond motifs is 1. The Labute approximate surface area is 191 Å². The van der Waals surface area contributed by atoms with E-state index >= 15 is 0 Å². The second-order valence-corrected chi connectivity index (χ2v) is 7.89. The van der Waals surface area contributed by atoms with E-state index in [9.17, 15) is 14.0 Å². The fourth-order valence-corrected chi connectivity index (χ4v) is 3.51. The lowest BCUT2D eigenvalue weighted by atomic mass is 10.1. The zero-order valence-electron chi connectivity index (χ0n) is 18.3. The summed E-state index contributed by atoms with van der Waals surface area (Å²) in [5, 5.41) is 2.86. The smallest absolute Gasteiger partial charge is 0.265 e. The Morgan fingerprint density at radius 2 is 1.85 bits per heavy atom. The van der Waals surface area contributed by atoms with Crippen LogP contribution in [0.2, 0.25) is 0 Å². The van der Waals surface area contributed by atoms with E-state index in [4.69, 9.17) is 9.47 Å². The Morgan fingerprint density at radius 1 is 1.09 bits per heavy atom. The molecule has 1 aliphatic heterocycles. The van der Waals surface area contributed by atoms with Gasteiger partial charge in [-0.3, -0.25) is 9.59 Å². The number of nitrogens with one attached hydrogen (secondary N) is 1. The number of hydrogen-bond acceptors (Lipinski definition) is 4. The van der Waals surface area contributed by atoms with Crippen molar-refractivity contribution >= 4 is 23.2 Å². The van der Waals surface area contributed by atoms with Gasteiger partial charge in [-0.1, -0.05) is 29.8 Å². The van der Waals surface area contributed by atoms with E-state index in [0.29, 0.717) is 43.1 Å². The Bertz CT molecular complexity index is 1130. The van der Waals surface area contributed by atoms with Crippen LogP contribution in [-0.4, -0.2) is 25.0 Å². The molecule has 6 nitrogen and oxygen atoms in total. The molecular weight excluding hydrogens is 423 g/mol. The number of amides is 2. The van der Waals surface area contributed by atoms with Gasteiger partial charge in [0, 0.05) is 18.2 Å². The highest BCUT2D eigenvalue weighted by Gasteiger charge is 2.26. The molecule has 2 amide bonds. The molecule has 0 aliphatic carbocycles. The zero-order chi connectivity index (χ0) is 23.2. The maximum Gasteiger partial charge on any atom is 0.265 e. The van der Waals surface area contributed by atoms with Gasteiger partial charge in [0.2, 0.25) is 5.91 Å². The number of halogens is 1. The van der Waals surface area contributed by atoms with Gasteiger partial charge in [-0.2, -0.15) is 0 Å². The Morgan fingerprint density at radius 3 is 2.61 bits per heavy atom. The van der Waals surface area contributed by atoms with E-state index in [2.05, 4.69) is 5.32 Å². The van der Waals surface area contributed by atoms with Crippen LogP contribution in [0.5, 0.6) is 11.5 Å². The number of benzene rings is 3. The molecule has 1 N–H and O–H groups in total. The van der Waals surface area contributed by atoms with E-state index < -0.39 is 0 Å². The minimum atomic E-state index is -0.324. The van der Waals surface area contributed by atoms with Crippen molar-refractivity contribution in [3.8, 4) is 11.5 Å². The quantitative estimate of drug-likeness (QED) is 0.500. The van der Waals surface area contributed by atoms with Gasteiger partial charge in [0.1, 0.15) is 17.3 Å². The minimum Gasteiger partial charge on any atom is -0.494 e. The lowest BCUT2D eigenvalue weighted by molar-refractivity contribution is -0.121. The van der Waals surface area contributed by atoms with Crippen LogP contribution in [0, 0.1) is 12.7 Å². The van der Waals surface area contributed by atoms with E-state index in [-0.39, 0.29) is 24.2 Å². The predicted octanol–water partition coefficient (Wildman–Crippen LogP) is 4.86. The van der Waals surface area contributed by atoms with Gasteiger partial charge in [-0.05, 0) is 55.3 Å². The van der Waals surface area contributed by atoms with Gasteiger partial charge >= 0.3 is 0 Å². The van der Waals surface area contributed by atoms with Crippen molar-refractivity contribution < 1.29 is 23.5 Å². The van der Waals surface area contributed by atoms with Crippen molar-refractivity contribution in [2.75, 3.05) is 23.4 Å². The normalized spacial score (nSPS) is 12.7. The maximum absolute atomic E-state index is 13.2. The molecule has 0 aromatic heterocycles. The highest BCUT2D eigenvalue weighted by atomic mass is 19.1. The summed E-state index contributed by atoms with van der Waals surface area (Å²) in [6.45, 7) is 2.68. The first kappa shape index (κ1) is 22.3. The fourth-order valence-electron chi connectivity index (χ4n) is 3.51. The SMILES string of the molecule is Cc1ccc(OCCCC(=O)Nc2ccc3c(c2)OCC(=O)N3Cc2ccc(F)cc2)cc1. The highest BCUT2D eigenvalue weighted by Crippen LogP contribution is 2.35. The number of carbonyl (C=O) groups is 2. The number of carbonyl (C=O) groups excluding carboxylic acids is 2. The summed E-state index contributed by atoms with van der Waals surface area (Å²) in [5.41, 5.74) is 3.18. The van der Waals surface area contributed by atoms with Gasteiger partial charge in [0.25, 0.3) is 5.91 Å². The standard InChI is InChI=1S/C26H25FN2O4/c1-18-4-11-22(12-5-18)32-14-2-3-25(30)28-21-10-13-23-24(15-21)33-17-26(31)29(23)16-19-6-8-20(27)9-7-19/h4-13,15H,2-3,14,16-17H2,1H3,(H,28,30). The Hall–Kier alpha value is -3.87. The third-order valence-corrected chi connectivity index (χ3v) is 5.28. The Balaban J connectivity index is 1.32. The van der Waals surface area contributed by atoms with Crippen LogP contribution in [0.25, 0.3) is 0 Å². The second kappa shape index (κ2) is 10.2. The van der Waals surface area contributed by atoms with E-state index in [1.165, 1.54) is 17.7 Å². The van der Waals surface area contributed by atoms with Crippen LogP contribution in [0.4, 0.5) is 15.8 Å². The van der Waals surface area contributed by atoms with Crippen molar-refractivity contribution in [2.24, 2.45) is 0 Å². The third kappa shape index (κ3) is 5.88. The first-order valence-electron chi connectivity index (χ1n) is 10.8. The van der Waals surface area contributed by atoms with Crippen LogP contribution in [-0.2, 0) is 16.1 Å². The van der Waals surface area contributed by atoms with Gasteiger partial charge in [-0.15, -0.1) is 0 Å². The molecule has 1 aliphatic rings. The van der Waals surface area contributed by atoms with Crippen molar-refractivity contribution in [2.45, 2.75) is 26.3 Å². The van der Waals surface area contributed by atoms with Crippen LogP contribution < -0.4 is 19.7 Å². The molecule has 3 aromatic carbocycles. The summed E-state index contributed by atoms with van der Waals surface area (Å²) in [7, 11) is 0. The fraction of sp³-hybridized carbons (Fsp3) is 0.231. The monoisotopic (exact) mass is 448 g/mol. The third-order valence-electron chi connectivity index (χ3n) is 5.28. The molecule has 1 heterocycles. The molecule has 0 radical (unpaired) electrons. The first-order valence-corrected chi connectivity index (χ1v) is 10.8. The van der Waals surface area contributed by atoms with Crippen LogP contribution >= 0.6 is 0 Å². The molecule has 170 valence electrons. The molecule has 4 rings (SSSR count). The molecular formula is C26H25FN2O4. The van der Waals surface area contributed by atoms with Crippen LogP contribution in [0.3, 0.4) is 0 Å². The summed E-state index contributed by atoms with van der Waals surface area (Å²) in [5.74, 6) is 0.661. The number of aryl methyl sites for hydroxylation is 1. The van der Waals surface area contributed by atoms with Crippen molar-refractivity contribution in [1.29, 1.82) is 0 Å². The second-order valence-electron chi connectivity index (χ2n) is 7.89. The number of hydrogen-bond donors (Lipinski definition) is 1. The molecule has 3 aromatic rings. The molecule has 0 saturated carbocycles. The molecule has 0 unspecified atom stereocenters. The van der Waals surface area contributed by atoms with E-state index in [1.807, 2.05) is 31.2 Å². The van der Waals surface area contributed by atoms with E-state index in [0.717, 1.165) is 11.3 Å². The molecule has 0 bridgehead atoms. The van der Waals surface area contributed by atoms with Crippen molar-refractivity contribution in [1.82, 2.24) is 0 Å². The zero-order valence-corrected chi connectivity index (χ0v) is 18.3. The average Bonchev–Trinajstić information content (AvgIpc) is 2.81. The number of ether oxygens (including phenoxy) is 2. The summed E-state index contributed by atoms with van der Waals surface area (Å²) < 4.78 is 24.4. The molecule has 33 heavy (non-hydrogen) atoms. The van der Waals surface area contributed by atoms with Gasteiger partial charge < -0.3 is 19.7 Å². The largest absolute Gasteiger partial charge is 0.494 e. The predicted molar refractivity (Wildman–Crippen MR) is 124 cm³/mol. The lowest BCUT2D eigenvalue weighted by Gasteiger charge is -2.29. The maximum atomic E-state index is 13.2. The number of anilines is 2. The van der Waals surface area contributed by atoms with E-state index in [1.54, 1.807) is 35.2 Å². The summed E-state index contributed by atoms with van der Waals surface area (Å²) in [4.78, 5) is 26.3. The average molecular weight is 448 g/mol. The first-order chi connectivity index (χ1) is 16.0. The van der Waals surface area contributed by atoms with Gasteiger partial charge in [0.15, 0.2) is 6.61 Å². The number of nitrogens with zero attached hydrogens (tertiary/aromatic N) is 1. The highest BCUT2D eigenvalue weighted by molar-refractivity contribution is 5.99. The molecule has 0 atom stereocenters. The van der Waals surface area contributed by atoms with Crippen molar-refractivity contribution in [3.63, 3.8) is 0 Å². The Kier molecular flexibility index (Phi) is 6.88. The topological polar surface area (TPSA) is 67.9 Å². The van der Waals surface area contributed by atoms with Crippen LogP contribution in [0.1, 0.15) is 24.0 Å². The molecule has 0 spiro atoms. The summed E-state index contributed by atoms with van der Waals surface area (Å²) in [6, 6.07) is 19.0. The van der Waals surface area contributed by atoms with Gasteiger partial charge in [-0.25, -0.2) is 4.39 Å². The summed E-state index contributed by atoms with van der Waals surface area (Å²) >= 11 is 0. The van der Waals surface area contributed by atoms with Gasteiger partial charge in [0.05, 0.1) is 18.8 Å². The van der Waals surface area contributed by atoms with Crippen molar-refractivity contribution in [3.05, 3.63) is 83.7 Å². The molecule has 0 saturated heterocycles. The molecule has 0 fully saturated rings. The minimum absolute atomic E-state index is 0.0953.